The van der Waals surface area contributed by atoms with Gasteiger partial charge in [0, 0.05) is 11.3 Å². The lowest BCUT2D eigenvalue weighted by molar-refractivity contribution is 0.107. The summed E-state index contributed by atoms with van der Waals surface area (Å²) in [5.74, 6) is 0.827. The second kappa shape index (κ2) is 9.67. The van der Waals surface area contributed by atoms with E-state index in [0.29, 0.717) is 32.9 Å². The summed E-state index contributed by atoms with van der Waals surface area (Å²) in [4.78, 5) is 14.7. The van der Waals surface area contributed by atoms with E-state index >= 15 is 0 Å². The monoisotopic (exact) mass is 416 g/mol. The van der Waals surface area contributed by atoms with Crippen molar-refractivity contribution >= 4 is 11.7 Å². The molecular weight excluding hydrogens is 388 g/mol. The molecule has 0 radical (unpaired) electrons. The topological polar surface area (TPSA) is 50.8 Å². The number of anilines is 1. The average Bonchev–Trinajstić information content (AvgIpc) is 2.99. The largest absolute Gasteiger partial charge is 0.491 e. The fraction of sp³-hybridized carbons (Fsp3) is 0.269. The Morgan fingerprint density at radius 3 is 2.58 bits per heavy atom. The Labute approximate surface area is 183 Å². The Kier molecular flexibility index (Phi) is 6.53. The molecule has 0 aromatic heterocycles. The maximum absolute atomic E-state index is 12.9. The number of fused-ring (bicyclic) bond motifs is 1. The van der Waals surface area contributed by atoms with Gasteiger partial charge in [-0.3, -0.25) is 0 Å². The normalized spacial score (nSPS) is 13.2. The lowest BCUT2D eigenvalue weighted by atomic mass is 10.1. The zero-order valence-corrected chi connectivity index (χ0v) is 18.1. The number of carbonyl (C=O) groups is 1. The molecule has 1 aliphatic heterocycles. The van der Waals surface area contributed by atoms with Gasteiger partial charge >= 0.3 is 6.03 Å². The van der Waals surface area contributed by atoms with E-state index in [1.165, 1.54) is 5.56 Å². The van der Waals surface area contributed by atoms with Crippen LogP contribution in [0.5, 0.6) is 5.75 Å². The summed E-state index contributed by atoms with van der Waals surface area (Å²) in [6.45, 7) is 6.68. The van der Waals surface area contributed by atoms with Crippen LogP contribution in [0.1, 0.15) is 27.8 Å². The van der Waals surface area contributed by atoms with E-state index < -0.39 is 0 Å². The molecule has 3 aromatic carbocycles. The van der Waals surface area contributed by atoms with Crippen LogP contribution in [0, 0.1) is 13.8 Å². The van der Waals surface area contributed by atoms with Crippen LogP contribution in [-0.4, -0.2) is 24.1 Å². The molecule has 0 atom stereocenters. The van der Waals surface area contributed by atoms with Crippen molar-refractivity contribution in [3.63, 3.8) is 0 Å². The number of rotatable bonds is 5. The van der Waals surface area contributed by atoms with E-state index in [0.717, 1.165) is 33.7 Å². The van der Waals surface area contributed by atoms with Gasteiger partial charge in [-0.15, -0.1) is 0 Å². The Morgan fingerprint density at radius 1 is 0.968 bits per heavy atom. The zero-order valence-electron chi connectivity index (χ0n) is 18.1. The molecule has 0 fully saturated rings. The fourth-order valence-electron chi connectivity index (χ4n) is 3.59. The maximum atomic E-state index is 12.9. The predicted molar refractivity (Wildman–Crippen MR) is 122 cm³/mol. The molecular formula is C26H28N2O3. The van der Waals surface area contributed by atoms with Gasteiger partial charge in [-0.05, 0) is 60.4 Å². The van der Waals surface area contributed by atoms with Crippen molar-refractivity contribution in [2.24, 2.45) is 0 Å². The summed E-state index contributed by atoms with van der Waals surface area (Å²) >= 11 is 0. The highest BCUT2D eigenvalue weighted by Crippen LogP contribution is 2.25. The van der Waals surface area contributed by atoms with Crippen molar-refractivity contribution < 1.29 is 14.3 Å². The number of hydrogen-bond donors (Lipinski definition) is 1. The standard InChI is InChI=1S/C26H28N2O3/c1-19-8-10-24(14-20(19)2)27-26(29)28-12-13-31-25-11-9-22(15-23(25)16-28)18-30-17-21-6-4-3-5-7-21/h3-11,14-15H,12-13,16-18H2,1-2H3,(H,27,29). The molecule has 160 valence electrons. The van der Waals surface area contributed by atoms with Crippen LogP contribution >= 0.6 is 0 Å². The van der Waals surface area contributed by atoms with Gasteiger partial charge in [0.25, 0.3) is 0 Å². The summed E-state index contributed by atoms with van der Waals surface area (Å²) in [6, 6.07) is 22.0. The highest BCUT2D eigenvalue weighted by molar-refractivity contribution is 5.89. The molecule has 0 aliphatic carbocycles. The molecule has 5 nitrogen and oxygen atoms in total. The summed E-state index contributed by atoms with van der Waals surface area (Å²) in [5.41, 5.74) is 6.37. The summed E-state index contributed by atoms with van der Waals surface area (Å²) in [6.07, 6.45) is 0. The second-order valence-electron chi connectivity index (χ2n) is 7.92. The van der Waals surface area contributed by atoms with Crippen LogP contribution in [0.4, 0.5) is 10.5 Å². The van der Waals surface area contributed by atoms with Gasteiger partial charge in [0.05, 0.1) is 26.3 Å². The van der Waals surface area contributed by atoms with Crippen LogP contribution in [0.2, 0.25) is 0 Å². The number of nitrogens with one attached hydrogen (secondary N) is 1. The van der Waals surface area contributed by atoms with E-state index in [1.807, 2.05) is 55.5 Å². The minimum Gasteiger partial charge on any atom is -0.491 e. The molecule has 0 saturated carbocycles. The Balaban J connectivity index is 1.40. The summed E-state index contributed by atoms with van der Waals surface area (Å²) < 4.78 is 11.7. The van der Waals surface area contributed by atoms with E-state index in [1.54, 1.807) is 4.90 Å². The third-order valence-corrected chi connectivity index (χ3v) is 5.53. The van der Waals surface area contributed by atoms with E-state index in [9.17, 15) is 4.79 Å². The number of nitrogens with zero attached hydrogens (tertiary/aromatic N) is 1. The van der Waals surface area contributed by atoms with Gasteiger partial charge in [-0.2, -0.15) is 0 Å². The fourth-order valence-corrected chi connectivity index (χ4v) is 3.59. The molecule has 1 aliphatic rings. The predicted octanol–water partition coefficient (Wildman–Crippen LogP) is 5.45. The SMILES string of the molecule is Cc1ccc(NC(=O)N2CCOc3ccc(COCc4ccccc4)cc3C2)cc1C. The number of amides is 2. The van der Waals surface area contributed by atoms with Gasteiger partial charge in [0.15, 0.2) is 0 Å². The van der Waals surface area contributed by atoms with Gasteiger partial charge < -0.3 is 19.7 Å². The van der Waals surface area contributed by atoms with Crippen molar-refractivity contribution in [1.29, 1.82) is 0 Å². The maximum Gasteiger partial charge on any atom is 0.322 e. The lowest BCUT2D eigenvalue weighted by Gasteiger charge is -2.21. The first kappa shape index (κ1) is 20.9. The Morgan fingerprint density at radius 2 is 1.77 bits per heavy atom. The Bertz CT molecular complexity index is 1050. The van der Waals surface area contributed by atoms with E-state index in [4.69, 9.17) is 9.47 Å². The highest BCUT2D eigenvalue weighted by Gasteiger charge is 2.20. The van der Waals surface area contributed by atoms with Gasteiger partial charge in [-0.25, -0.2) is 4.79 Å². The Hall–Kier alpha value is -3.31. The van der Waals surface area contributed by atoms with Gasteiger partial charge in [-0.1, -0.05) is 42.5 Å². The zero-order chi connectivity index (χ0) is 21.6. The van der Waals surface area contributed by atoms with Crippen molar-refractivity contribution in [2.75, 3.05) is 18.5 Å². The van der Waals surface area contributed by atoms with Gasteiger partial charge in [0.2, 0.25) is 0 Å². The first-order valence-electron chi connectivity index (χ1n) is 10.6. The molecule has 0 unspecified atom stereocenters. The van der Waals surface area contributed by atoms with Crippen LogP contribution in [0.3, 0.4) is 0 Å². The number of urea groups is 1. The van der Waals surface area contributed by atoms with Gasteiger partial charge in [0.1, 0.15) is 12.4 Å². The van der Waals surface area contributed by atoms with E-state index in [-0.39, 0.29) is 6.03 Å². The molecule has 0 spiro atoms. The minimum absolute atomic E-state index is 0.120. The smallest absolute Gasteiger partial charge is 0.322 e. The molecule has 3 aromatic rings. The molecule has 1 N–H and O–H groups in total. The number of carbonyl (C=O) groups excluding carboxylic acids is 1. The molecule has 4 rings (SSSR count). The third-order valence-electron chi connectivity index (χ3n) is 5.53. The average molecular weight is 417 g/mol. The number of aryl methyl sites for hydroxylation is 2. The van der Waals surface area contributed by atoms with Crippen LogP contribution in [-0.2, 0) is 24.5 Å². The van der Waals surface area contributed by atoms with Crippen molar-refractivity contribution in [3.05, 3.63) is 94.5 Å². The molecule has 0 saturated heterocycles. The molecule has 5 heteroatoms. The van der Waals surface area contributed by atoms with Crippen LogP contribution in [0.25, 0.3) is 0 Å². The quantitative estimate of drug-likeness (QED) is 0.602. The first-order valence-corrected chi connectivity index (χ1v) is 10.6. The van der Waals surface area contributed by atoms with Crippen LogP contribution in [0.15, 0.2) is 66.7 Å². The number of ether oxygens (including phenoxy) is 2. The molecule has 0 bridgehead atoms. The minimum atomic E-state index is -0.120. The summed E-state index contributed by atoms with van der Waals surface area (Å²) in [5, 5.41) is 3.01. The molecule has 2 amide bonds. The number of benzene rings is 3. The first-order chi connectivity index (χ1) is 15.1. The third kappa shape index (κ3) is 5.44. The van der Waals surface area contributed by atoms with Crippen molar-refractivity contribution in [3.8, 4) is 5.75 Å². The number of hydrogen-bond acceptors (Lipinski definition) is 3. The van der Waals surface area contributed by atoms with E-state index in [2.05, 4.69) is 30.4 Å². The second-order valence-corrected chi connectivity index (χ2v) is 7.92. The summed E-state index contributed by atoms with van der Waals surface area (Å²) in [7, 11) is 0. The highest BCUT2D eigenvalue weighted by atomic mass is 16.5. The van der Waals surface area contributed by atoms with Crippen molar-refractivity contribution in [2.45, 2.75) is 33.6 Å². The van der Waals surface area contributed by atoms with Crippen molar-refractivity contribution in [1.82, 2.24) is 4.90 Å². The molecule has 31 heavy (non-hydrogen) atoms. The lowest BCUT2D eigenvalue weighted by Crippen LogP contribution is -2.36. The van der Waals surface area contributed by atoms with Crippen LogP contribution < -0.4 is 10.1 Å². The molecule has 1 heterocycles.